The van der Waals surface area contributed by atoms with Crippen molar-refractivity contribution in [3.05, 3.63) is 0 Å². The van der Waals surface area contributed by atoms with Crippen LogP contribution in [0.5, 0.6) is 0 Å². The molecule has 1 fully saturated rings. The number of aliphatic carboxylic acids is 1. The van der Waals surface area contributed by atoms with Gasteiger partial charge in [-0.2, -0.15) is 0 Å². The maximum absolute atomic E-state index is 12.3. The summed E-state index contributed by atoms with van der Waals surface area (Å²) in [6.07, 6.45) is 2.64. The van der Waals surface area contributed by atoms with Crippen LogP contribution in [0.25, 0.3) is 0 Å². The van der Waals surface area contributed by atoms with E-state index in [0.29, 0.717) is 6.54 Å². The van der Waals surface area contributed by atoms with Crippen molar-refractivity contribution in [2.24, 2.45) is 11.3 Å². The second-order valence-corrected chi connectivity index (χ2v) is 5.30. The van der Waals surface area contributed by atoms with Gasteiger partial charge in [0.25, 0.3) is 0 Å². The summed E-state index contributed by atoms with van der Waals surface area (Å²) in [6, 6.07) is -0.347. The lowest BCUT2D eigenvalue weighted by Gasteiger charge is -2.36. The van der Waals surface area contributed by atoms with Crippen molar-refractivity contribution in [2.45, 2.75) is 46.1 Å². The van der Waals surface area contributed by atoms with Gasteiger partial charge < -0.3 is 15.7 Å². The maximum atomic E-state index is 12.3. The first-order valence-corrected chi connectivity index (χ1v) is 6.67. The molecular weight excluding hydrogens is 232 g/mol. The molecule has 0 aromatic carbocycles. The summed E-state index contributed by atoms with van der Waals surface area (Å²) in [6.45, 7) is 7.01. The van der Waals surface area contributed by atoms with Gasteiger partial charge >= 0.3 is 5.97 Å². The summed E-state index contributed by atoms with van der Waals surface area (Å²) in [5.41, 5.74) is -0.370. The number of amides is 1. The van der Waals surface area contributed by atoms with Gasteiger partial charge in [-0.25, -0.2) is 0 Å². The van der Waals surface area contributed by atoms with E-state index >= 15 is 0 Å². The Hall–Kier alpha value is -1.10. The summed E-state index contributed by atoms with van der Waals surface area (Å²) in [5, 5.41) is 15.1. The quantitative estimate of drug-likeness (QED) is 0.685. The van der Waals surface area contributed by atoms with Gasteiger partial charge in [-0.15, -0.1) is 0 Å². The predicted molar refractivity (Wildman–Crippen MR) is 69.2 cm³/mol. The average Bonchev–Trinajstić information content (AvgIpc) is 2.38. The Morgan fingerprint density at radius 3 is 2.56 bits per heavy atom. The van der Waals surface area contributed by atoms with Crippen molar-refractivity contribution in [3.8, 4) is 0 Å². The first kappa shape index (κ1) is 15.0. The molecule has 1 rings (SSSR count). The molecule has 1 amide bonds. The highest BCUT2D eigenvalue weighted by Crippen LogP contribution is 2.30. The summed E-state index contributed by atoms with van der Waals surface area (Å²) < 4.78 is 0. The van der Waals surface area contributed by atoms with Crippen molar-refractivity contribution < 1.29 is 14.7 Å². The number of carbonyl (C=O) groups excluding carboxylic acids is 1. The monoisotopic (exact) mass is 256 g/mol. The van der Waals surface area contributed by atoms with Gasteiger partial charge in [0.1, 0.15) is 0 Å². The molecule has 3 atom stereocenters. The smallest absolute Gasteiger partial charge is 0.308 e. The van der Waals surface area contributed by atoms with Gasteiger partial charge in [-0.05, 0) is 39.7 Å². The number of carbonyl (C=O) groups is 2. The van der Waals surface area contributed by atoms with E-state index in [0.717, 1.165) is 25.8 Å². The maximum Gasteiger partial charge on any atom is 0.308 e. The molecule has 1 aliphatic heterocycles. The van der Waals surface area contributed by atoms with Crippen LogP contribution >= 0.6 is 0 Å². The van der Waals surface area contributed by atoms with Crippen molar-refractivity contribution in [1.82, 2.24) is 10.6 Å². The zero-order valence-electron chi connectivity index (χ0n) is 11.5. The molecule has 1 heterocycles. The number of piperidine rings is 1. The van der Waals surface area contributed by atoms with Gasteiger partial charge in [-0.3, -0.25) is 9.59 Å². The van der Waals surface area contributed by atoms with Crippen LogP contribution in [0.15, 0.2) is 0 Å². The molecule has 5 nitrogen and oxygen atoms in total. The third kappa shape index (κ3) is 3.22. The van der Waals surface area contributed by atoms with Crippen LogP contribution in [0.3, 0.4) is 0 Å². The minimum absolute atomic E-state index is 0.0159. The van der Waals surface area contributed by atoms with E-state index in [-0.39, 0.29) is 17.4 Å². The van der Waals surface area contributed by atoms with E-state index in [9.17, 15) is 9.59 Å². The topological polar surface area (TPSA) is 78.4 Å². The van der Waals surface area contributed by atoms with Crippen LogP contribution in [0.4, 0.5) is 0 Å². The molecule has 5 heteroatoms. The summed E-state index contributed by atoms with van der Waals surface area (Å²) in [7, 11) is 0. The Balaban J connectivity index is 2.65. The summed E-state index contributed by atoms with van der Waals surface area (Å²) >= 11 is 0. The van der Waals surface area contributed by atoms with Crippen LogP contribution in [0.1, 0.15) is 40.0 Å². The van der Waals surface area contributed by atoms with Gasteiger partial charge in [0.2, 0.25) is 5.91 Å². The number of carboxylic acids is 1. The van der Waals surface area contributed by atoms with Gasteiger partial charge in [0, 0.05) is 12.6 Å². The third-order valence-corrected chi connectivity index (χ3v) is 4.13. The standard InChI is InChI=1S/C13H24N2O3/c1-4-13(6-5-7-14-8-13)12(18)15-10(3)9(2)11(16)17/h9-10,14H,4-8H2,1-3H3,(H,15,18)(H,16,17). The first-order valence-electron chi connectivity index (χ1n) is 6.67. The minimum atomic E-state index is -0.880. The summed E-state index contributed by atoms with van der Waals surface area (Å²) in [4.78, 5) is 23.2. The molecule has 0 aromatic rings. The lowest BCUT2D eigenvalue weighted by molar-refractivity contribution is -0.142. The lowest BCUT2D eigenvalue weighted by atomic mass is 9.77. The molecule has 3 unspecified atom stereocenters. The van der Waals surface area contributed by atoms with E-state index in [1.807, 2.05) is 6.92 Å². The lowest BCUT2D eigenvalue weighted by Crippen LogP contribution is -2.53. The predicted octanol–water partition coefficient (Wildman–Crippen LogP) is 0.992. The Labute approximate surface area is 108 Å². The van der Waals surface area contributed by atoms with Crippen molar-refractivity contribution in [1.29, 1.82) is 0 Å². The SMILES string of the molecule is CCC1(C(=O)NC(C)C(C)C(=O)O)CCCNC1. The third-order valence-electron chi connectivity index (χ3n) is 4.13. The zero-order chi connectivity index (χ0) is 13.8. The van der Waals surface area contributed by atoms with E-state index in [1.54, 1.807) is 13.8 Å². The summed E-state index contributed by atoms with van der Waals surface area (Å²) in [5.74, 6) is -1.47. The Kier molecular flexibility index (Phi) is 5.14. The molecule has 0 radical (unpaired) electrons. The zero-order valence-corrected chi connectivity index (χ0v) is 11.5. The highest BCUT2D eigenvalue weighted by atomic mass is 16.4. The number of carboxylic acid groups (broad SMARTS) is 1. The highest BCUT2D eigenvalue weighted by molar-refractivity contribution is 5.84. The van der Waals surface area contributed by atoms with E-state index < -0.39 is 11.9 Å². The molecular formula is C13H24N2O3. The van der Waals surface area contributed by atoms with Gasteiger partial charge in [-0.1, -0.05) is 6.92 Å². The fourth-order valence-electron chi connectivity index (χ4n) is 2.32. The second-order valence-electron chi connectivity index (χ2n) is 5.30. The minimum Gasteiger partial charge on any atom is -0.481 e. The molecule has 1 saturated heterocycles. The number of nitrogens with one attached hydrogen (secondary N) is 2. The van der Waals surface area contributed by atoms with E-state index in [1.165, 1.54) is 0 Å². The largest absolute Gasteiger partial charge is 0.481 e. The van der Waals surface area contributed by atoms with Crippen LogP contribution in [-0.2, 0) is 9.59 Å². The molecule has 0 saturated carbocycles. The fraction of sp³-hybridized carbons (Fsp3) is 0.846. The number of hydrogen-bond acceptors (Lipinski definition) is 3. The van der Waals surface area contributed by atoms with Crippen molar-refractivity contribution >= 4 is 11.9 Å². The molecule has 0 aliphatic carbocycles. The Bertz CT molecular complexity index is 311. The van der Waals surface area contributed by atoms with Crippen LogP contribution in [-0.4, -0.2) is 36.1 Å². The number of rotatable bonds is 5. The van der Waals surface area contributed by atoms with E-state index in [2.05, 4.69) is 10.6 Å². The van der Waals surface area contributed by atoms with Gasteiger partial charge in [0.15, 0.2) is 0 Å². The normalized spacial score (nSPS) is 27.3. The number of hydrogen-bond donors (Lipinski definition) is 3. The van der Waals surface area contributed by atoms with E-state index in [4.69, 9.17) is 5.11 Å². The highest BCUT2D eigenvalue weighted by Gasteiger charge is 2.38. The molecule has 0 aromatic heterocycles. The Morgan fingerprint density at radius 2 is 2.11 bits per heavy atom. The molecule has 1 aliphatic rings. The second kappa shape index (κ2) is 6.18. The average molecular weight is 256 g/mol. The Morgan fingerprint density at radius 1 is 1.44 bits per heavy atom. The van der Waals surface area contributed by atoms with Gasteiger partial charge in [0.05, 0.1) is 11.3 Å². The van der Waals surface area contributed by atoms with Crippen LogP contribution in [0.2, 0.25) is 0 Å². The molecule has 104 valence electrons. The molecule has 3 N–H and O–H groups in total. The molecule has 0 spiro atoms. The first-order chi connectivity index (χ1) is 8.43. The molecule has 18 heavy (non-hydrogen) atoms. The van der Waals surface area contributed by atoms with Crippen molar-refractivity contribution in [3.63, 3.8) is 0 Å². The van der Waals surface area contributed by atoms with Crippen molar-refractivity contribution in [2.75, 3.05) is 13.1 Å². The van der Waals surface area contributed by atoms with Crippen LogP contribution in [0, 0.1) is 11.3 Å². The van der Waals surface area contributed by atoms with Crippen LogP contribution < -0.4 is 10.6 Å². The fourth-order valence-corrected chi connectivity index (χ4v) is 2.32. The molecule has 0 bridgehead atoms.